The summed E-state index contributed by atoms with van der Waals surface area (Å²) in [5.41, 5.74) is 0.262. The molecule has 1 saturated carbocycles. The molecule has 2 heterocycles. The number of hydrogen-bond acceptors (Lipinski definition) is 4. The van der Waals surface area contributed by atoms with Crippen LogP contribution in [-0.2, 0) is 14.6 Å². The zero-order valence-corrected chi connectivity index (χ0v) is 15.7. The van der Waals surface area contributed by atoms with Crippen LogP contribution in [0.2, 0.25) is 0 Å². The highest BCUT2D eigenvalue weighted by Crippen LogP contribution is 2.42. The molecule has 2 atom stereocenters. The van der Waals surface area contributed by atoms with E-state index < -0.39 is 15.7 Å². The number of benzene rings is 1. The van der Waals surface area contributed by atoms with Crippen LogP contribution in [-0.4, -0.2) is 42.3 Å². The van der Waals surface area contributed by atoms with Gasteiger partial charge in [0.1, 0.15) is 5.82 Å². The van der Waals surface area contributed by atoms with Gasteiger partial charge in [-0.15, -0.1) is 0 Å². The Labute approximate surface area is 151 Å². The van der Waals surface area contributed by atoms with E-state index in [9.17, 15) is 17.6 Å². The van der Waals surface area contributed by atoms with E-state index in [4.69, 9.17) is 0 Å². The summed E-state index contributed by atoms with van der Waals surface area (Å²) >= 11 is 4.49. The van der Waals surface area contributed by atoms with E-state index in [2.05, 4.69) is 20.9 Å². The summed E-state index contributed by atoms with van der Waals surface area (Å²) in [4.78, 5) is 17.9. The fraction of sp³-hybridized carbons (Fsp3) is 0.467. The van der Waals surface area contributed by atoms with Crippen molar-refractivity contribution in [3.05, 3.63) is 28.5 Å². The maximum absolute atomic E-state index is 14.5. The van der Waals surface area contributed by atoms with Crippen LogP contribution in [0.15, 0.2) is 27.7 Å². The predicted molar refractivity (Wildman–Crippen MR) is 95.6 cm³/mol. The average Bonchev–Trinajstić information content (AvgIpc) is 3.22. The molecular weight excluding hydrogens is 419 g/mol. The molecule has 0 spiro atoms. The lowest BCUT2D eigenvalue weighted by atomic mass is 10.2. The number of carbonyl (C=O) groups excluding carboxylic acids is 1. The van der Waals surface area contributed by atoms with E-state index in [-0.39, 0.29) is 40.3 Å². The molecule has 1 aromatic rings. The molecule has 0 radical (unpaired) electrons. The van der Waals surface area contributed by atoms with Gasteiger partial charge < -0.3 is 4.90 Å². The molecule has 2 unspecified atom stereocenters. The molecule has 1 aliphatic carbocycles. The van der Waals surface area contributed by atoms with Crippen molar-refractivity contribution in [3.8, 4) is 0 Å². The van der Waals surface area contributed by atoms with Gasteiger partial charge in [-0.05, 0) is 31.0 Å². The van der Waals surface area contributed by atoms with E-state index in [1.165, 1.54) is 17.8 Å². The van der Waals surface area contributed by atoms with Crippen LogP contribution in [0.1, 0.15) is 12.8 Å². The lowest BCUT2D eigenvalue weighted by Gasteiger charge is -2.25. The Balaban J connectivity index is 1.76. The molecule has 0 aromatic heterocycles. The Kier molecular flexibility index (Phi) is 4.00. The third-order valence-electron chi connectivity index (χ3n) is 4.37. The number of amidine groups is 1. The van der Waals surface area contributed by atoms with E-state index in [0.29, 0.717) is 9.64 Å². The predicted octanol–water partition coefficient (Wildman–Crippen LogP) is 2.60. The van der Waals surface area contributed by atoms with Gasteiger partial charge in [0, 0.05) is 15.6 Å². The number of nitrogens with zero attached hydrogens (tertiary/aromatic N) is 2. The molecule has 0 N–H and O–H groups in total. The van der Waals surface area contributed by atoms with Crippen LogP contribution in [0.5, 0.6) is 0 Å². The monoisotopic (exact) mass is 432 g/mol. The Bertz CT molecular complexity index is 854. The van der Waals surface area contributed by atoms with Gasteiger partial charge in [-0.25, -0.2) is 12.8 Å². The number of anilines is 1. The third kappa shape index (κ3) is 3.01. The van der Waals surface area contributed by atoms with Crippen LogP contribution in [0.25, 0.3) is 0 Å². The van der Waals surface area contributed by atoms with Gasteiger partial charge in [0.2, 0.25) is 0 Å². The first-order valence-corrected chi connectivity index (χ1v) is 11.1. The smallest absolute Gasteiger partial charge is 0.251 e. The summed E-state index contributed by atoms with van der Waals surface area (Å²) in [6, 6.07) is 4.23. The van der Waals surface area contributed by atoms with Crippen LogP contribution < -0.4 is 4.90 Å². The minimum atomic E-state index is -3.16. The molecule has 24 heavy (non-hydrogen) atoms. The number of fused-ring (bicyclic) bond motifs is 1. The molecule has 3 aliphatic rings. The van der Waals surface area contributed by atoms with Gasteiger partial charge in [-0.2, -0.15) is 4.99 Å². The minimum Gasteiger partial charge on any atom is -0.313 e. The number of hydrogen-bond donors (Lipinski definition) is 0. The van der Waals surface area contributed by atoms with Crippen molar-refractivity contribution < 1.29 is 17.6 Å². The highest BCUT2D eigenvalue weighted by molar-refractivity contribution is 9.10. The molecule has 4 rings (SSSR count). The number of sulfone groups is 1. The fourth-order valence-electron chi connectivity index (χ4n) is 3.04. The number of rotatable bonds is 2. The van der Waals surface area contributed by atoms with E-state index in [1.54, 1.807) is 17.0 Å². The summed E-state index contributed by atoms with van der Waals surface area (Å²) in [6.07, 6.45) is 1.68. The van der Waals surface area contributed by atoms with E-state index in [1.807, 2.05) is 0 Å². The van der Waals surface area contributed by atoms with E-state index in [0.717, 1.165) is 12.8 Å². The second-order valence-corrected chi connectivity index (χ2v) is 10.5. The SMILES string of the molecule is O=C(N=C1SC2CS(=O)(=O)CC2N1c1ccc(Br)cc1F)C1CC1. The molecule has 1 amide bonds. The Hall–Kier alpha value is -0.930. The number of carbonyl (C=O) groups is 1. The zero-order valence-electron chi connectivity index (χ0n) is 12.5. The molecular formula is C15H14BrFN2O3S2. The van der Waals surface area contributed by atoms with Gasteiger partial charge in [0.05, 0.1) is 23.2 Å². The number of halogens is 2. The second-order valence-electron chi connectivity index (χ2n) is 6.27. The van der Waals surface area contributed by atoms with Gasteiger partial charge in [0.15, 0.2) is 15.0 Å². The van der Waals surface area contributed by atoms with Gasteiger partial charge in [-0.1, -0.05) is 27.7 Å². The maximum Gasteiger partial charge on any atom is 0.251 e. The second kappa shape index (κ2) is 5.81. The van der Waals surface area contributed by atoms with Crippen LogP contribution >= 0.6 is 27.7 Å². The summed E-state index contributed by atoms with van der Waals surface area (Å²) in [5, 5.41) is 0.196. The van der Waals surface area contributed by atoms with Crippen LogP contribution in [0.4, 0.5) is 10.1 Å². The fourth-order valence-corrected chi connectivity index (χ4v) is 7.28. The number of amides is 1. The highest BCUT2D eigenvalue weighted by Gasteiger charge is 2.50. The summed E-state index contributed by atoms with van der Waals surface area (Å²) in [5.74, 6) is -0.701. The first-order valence-electron chi connectivity index (χ1n) is 7.58. The minimum absolute atomic E-state index is 0.0288. The van der Waals surface area contributed by atoms with Crippen molar-refractivity contribution in [2.75, 3.05) is 16.4 Å². The largest absolute Gasteiger partial charge is 0.313 e. The quantitative estimate of drug-likeness (QED) is 0.718. The van der Waals surface area contributed by atoms with Gasteiger partial charge in [-0.3, -0.25) is 4.79 Å². The van der Waals surface area contributed by atoms with Crippen molar-refractivity contribution in [2.45, 2.75) is 24.1 Å². The molecule has 0 bridgehead atoms. The van der Waals surface area contributed by atoms with Crippen molar-refractivity contribution in [3.63, 3.8) is 0 Å². The van der Waals surface area contributed by atoms with Crippen molar-refractivity contribution in [2.24, 2.45) is 10.9 Å². The molecule has 128 valence electrons. The first-order chi connectivity index (χ1) is 11.3. The Morgan fingerprint density at radius 3 is 2.75 bits per heavy atom. The van der Waals surface area contributed by atoms with Gasteiger partial charge in [0.25, 0.3) is 5.91 Å². The van der Waals surface area contributed by atoms with Crippen LogP contribution in [0.3, 0.4) is 0 Å². The molecule has 3 fully saturated rings. The third-order valence-corrected chi connectivity index (χ3v) is 8.07. The zero-order chi connectivity index (χ0) is 17.1. The summed E-state index contributed by atoms with van der Waals surface area (Å²) in [6.45, 7) is 0. The molecule has 2 saturated heterocycles. The average molecular weight is 433 g/mol. The lowest BCUT2D eigenvalue weighted by molar-refractivity contribution is -0.118. The Morgan fingerprint density at radius 2 is 2.08 bits per heavy atom. The summed E-state index contributed by atoms with van der Waals surface area (Å²) < 4.78 is 39.0. The molecule has 1 aromatic carbocycles. The topological polar surface area (TPSA) is 66.8 Å². The van der Waals surface area contributed by atoms with Crippen molar-refractivity contribution in [1.82, 2.24) is 0 Å². The van der Waals surface area contributed by atoms with Crippen LogP contribution in [0, 0.1) is 11.7 Å². The standard InChI is InChI=1S/C15H14BrFN2O3S2/c16-9-3-4-11(10(17)5-9)19-12-6-24(21,22)7-13(12)23-15(19)18-14(20)8-1-2-8/h3-5,8,12-13H,1-2,6-7H2. The number of aliphatic imine (C=N–C) groups is 1. The molecule has 9 heteroatoms. The molecule has 2 aliphatic heterocycles. The molecule has 5 nitrogen and oxygen atoms in total. The van der Waals surface area contributed by atoms with E-state index >= 15 is 0 Å². The normalized spacial score (nSPS) is 29.9. The van der Waals surface area contributed by atoms with Crippen molar-refractivity contribution in [1.29, 1.82) is 0 Å². The lowest BCUT2D eigenvalue weighted by Crippen LogP contribution is -2.38. The highest BCUT2D eigenvalue weighted by atomic mass is 79.9. The first kappa shape index (κ1) is 16.5. The van der Waals surface area contributed by atoms with Gasteiger partial charge >= 0.3 is 0 Å². The Morgan fingerprint density at radius 1 is 1.33 bits per heavy atom. The van der Waals surface area contributed by atoms with Crippen molar-refractivity contribution >= 4 is 54.3 Å². The maximum atomic E-state index is 14.5. The number of thioether (sulfide) groups is 1. The summed E-state index contributed by atoms with van der Waals surface area (Å²) in [7, 11) is -3.16.